The summed E-state index contributed by atoms with van der Waals surface area (Å²) >= 11 is 5.98. The van der Waals surface area contributed by atoms with Crippen LogP contribution in [0.5, 0.6) is 0 Å². The number of likely N-dealkylation sites (tertiary alicyclic amines) is 1. The summed E-state index contributed by atoms with van der Waals surface area (Å²) in [7, 11) is 0. The molecule has 2 amide bonds. The Morgan fingerprint density at radius 1 is 1.65 bits per heavy atom. The molecule has 1 heterocycles. The van der Waals surface area contributed by atoms with Crippen molar-refractivity contribution in [1.29, 1.82) is 0 Å². The van der Waals surface area contributed by atoms with Crippen molar-refractivity contribution in [1.82, 2.24) is 10.2 Å². The molecule has 1 aromatic rings. The maximum atomic E-state index is 13.8. The van der Waals surface area contributed by atoms with Gasteiger partial charge in [0.15, 0.2) is 0 Å². The molecule has 0 saturated carbocycles. The Labute approximate surface area is 122 Å². The summed E-state index contributed by atoms with van der Waals surface area (Å²) in [6.45, 7) is 2.24. The van der Waals surface area contributed by atoms with Crippen molar-refractivity contribution in [2.75, 3.05) is 13.2 Å². The van der Waals surface area contributed by atoms with Gasteiger partial charge in [-0.25, -0.2) is 9.18 Å². The van der Waals surface area contributed by atoms with Crippen LogP contribution < -0.4 is 5.32 Å². The van der Waals surface area contributed by atoms with Gasteiger partial charge in [-0.05, 0) is 31.9 Å². The zero-order valence-corrected chi connectivity index (χ0v) is 12.0. The molecule has 0 unspecified atom stereocenters. The molecule has 1 saturated heterocycles. The minimum absolute atomic E-state index is 0.0533. The first kappa shape index (κ1) is 15.1. The normalized spacial score (nSPS) is 20.0. The molecule has 0 spiro atoms. The van der Waals surface area contributed by atoms with Crippen LogP contribution in [0, 0.1) is 5.82 Å². The highest BCUT2D eigenvalue weighted by Crippen LogP contribution is 2.26. The number of halogens is 2. The molecule has 1 aliphatic heterocycles. The van der Waals surface area contributed by atoms with Gasteiger partial charge in [-0.2, -0.15) is 0 Å². The lowest BCUT2D eigenvalue weighted by Crippen LogP contribution is -2.45. The molecule has 0 bridgehead atoms. The lowest BCUT2D eigenvalue weighted by atomic mass is 10.1. The van der Waals surface area contributed by atoms with Gasteiger partial charge in [0.2, 0.25) is 0 Å². The van der Waals surface area contributed by atoms with Crippen LogP contribution in [-0.4, -0.2) is 35.2 Å². The van der Waals surface area contributed by atoms with E-state index in [0.717, 1.165) is 12.8 Å². The fourth-order valence-corrected chi connectivity index (χ4v) is 2.88. The Balaban J connectivity index is 2.08. The number of nitrogens with one attached hydrogen (secondary N) is 1. The summed E-state index contributed by atoms with van der Waals surface area (Å²) in [5, 5.41) is 12.2. The largest absolute Gasteiger partial charge is 0.394 e. The molecule has 20 heavy (non-hydrogen) atoms. The van der Waals surface area contributed by atoms with Crippen molar-refractivity contribution in [3.63, 3.8) is 0 Å². The Kier molecular flexibility index (Phi) is 4.83. The summed E-state index contributed by atoms with van der Waals surface area (Å²) in [5.41, 5.74) is 0.280. The zero-order valence-electron chi connectivity index (χ0n) is 11.3. The van der Waals surface area contributed by atoms with Gasteiger partial charge in [0.05, 0.1) is 18.7 Å². The lowest BCUT2D eigenvalue weighted by molar-refractivity contribution is 0.155. The van der Waals surface area contributed by atoms with Crippen molar-refractivity contribution >= 4 is 17.6 Å². The van der Waals surface area contributed by atoms with Crippen molar-refractivity contribution < 1.29 is 14.3 Å². The highest BCUT2D eigenvalue weighted by atomic mass is 35.5. The van der Waals surface area contributed by atoms with E-state index in [4.69, 9.17) is 11.6 Å². The van der Waals surface area contributed by atoms with Gasteiger partial charge in [-0.15, -0.1) is 0 Å². The predicted octanol–water partition coefficient (Wildman–Crippen LogP) is 2.71. The summed E-state index contributed by atoms with van der Waals surface area (Å²) in [6.07, 6.45) is 1.66. The third-order valence-electron chi connectivity index (χ3n) is 3.62. The molecule has 0 radical (unpaired) electrons. The van der Waals surface area contributed by atoms with Crippen LogP contribution in [0.1, 0.15) is 31.4 Å². The topological polar surface area (TPSA) is 52.6 Å². The van der Waals surface area contributed by atoms with Gasteiger partial charge >= 0.3 is 6.03 Å². The maximum Gasteiger partial charge on any atom is 0.318 e. The number of hydrogen-bond donors (Lipinski definition) is 2. The standard InChI is InChI=1S/C14H18ClFN2O2/c1-9(13-11(15)5-2-6-12(13)16)17-14(20)18-7-3-4-10(18)8-19/h2,5-6,9-10,19H,3-4,7-8H2,1H3,(H,17,20)/t9-,10-/m1/s1. The molecular weight excluding hydrogens is 283 g/mol. The van der Waals surface area contributed by atoms with Crippen molar-refractivity contribution in [2.45, 2.75) is 31.8 Å². The van der Waals surface area contributed by atoms with E-state index < -0.39 is 11.9 Å². The number of carbonyl (C=O) groups is 1. The summed E-state index contributed by atoms with van der Waals surface area (Å²) in [6, 6.07) is 3.45. The Morgan fingerprint density at radius 2 is 2.40 bits per heavy atom. The van der Waals surface area contributed by atoms with Crippen LogP contribution in [0.15, 0.2) is 18.2 Å². The molecule has 0 aliphatic carbocycles. The van der Waals surface area contributed by atoms with Gasteiger partial charge in [0, 0.05) is 17.1 Å². The summed E-state index contributed by atoms with van der Waals surface area (Å²) < 4.78 is 13.8. The van der Waals surface area contributed by atoms with E-state index in [0.29, 0.717) is 6.54 Å². The van der Waals surface area contributed by atoms with Crippen LogP contribution in [0.25, 0.3) is 0 Å². The molecule has 1 fully saturated rings. The monoisotopic (exact) mass is 300 g/mol. The van der Waals surface area contributed by atoms with Crippen LogP contribution in [0.3, 0.4) is 0 Å². The van der Waals surface area contributed by atoms with E-state index in [2.05, 4.69) is 5.32 Å². The van der Waals surface area contributed by atoms with E-state index in [1.165, 1.54) is 12.1 Å². The average Bonchev–Trinajstić information content (AvgIpc) is 2.86. The van der Waals surface area contributed by atoms with E-state index in [1.807, 2.05) is 0 Å². The van der Waals surface area contributed by atoms with Crippen LogP contribution in [-0.2, 0) is 0 Å². The third kappa shape index (κ3) is 3.04. The van der Waals surface area contributed by atoms with Gasteiger partial charge < -0.3 is 15.3 Å². The lowest BCUT2D eigenvalue weighted by Gasteiger charge is -2.26. The minimum atomic E-state index is -0.531. The number of aliphatic hydroxyl groups is 1. The predicted molar refractivity (Wildman–Crippen MR) is 75.2 cm³/mol. The number of nitrogens with zero attached hydrogens (tertiary/aromatic N) is 1. The second-order valence-electron chi connectivity index (χ2n) is 4.98. The highest BCUT2D eigenvalue weighted by molar-refractivity contribution is 6.31. The van der Waals surface area contributed by atoms with E-state index in [-0.39, 0.29) is 29.3 Å². The summed E-state index contributed by atoms with van der Waals surface area (Å²) in [5.74, 6) is -0.439. The third-order valence-corrected chi connectivity index (χ3v) is 3.95. The Bertz CT molecular complexity index is 478. The van der Waals surface area contributed by atoms with Crippen LogP contribution >= 0.6 is 11.6 Å². The van der Waals surface area contributed by atoms with Gasteiger partial charge in [-0.1, -0.05) is 17.7 Å². The number of urea groups is 1. The molecule has 2 rings (SSSR count). The maximum absolute atomic E-state index is 13.8. The summed E-state index contributed by atoms with van der Waals surface area (Å²) in [4.78, 5) is 13.7. The molecule has 1 aromatic carbocycles. The van der Waals surface area contributed by atoms with Gasteiger partial charge in [-0.3, -0.25) is 0 Å². The van der Waals surface area contributed by atoms with Crippen molar-refractivity contribution in [2.24, 2.45) is 0 Å². The molecule has 1 aliphatic rings. The molecule has 110 valence electrons. The quantitative estimate of drug-likeness (QED) is 0.902. The molecule has 6 heteroatoms. The zero-order chi connectivity index (χ0) is 14.7. The van der Waals surface area contributed by atoms with Gasteiger partial charge in [0.25, 0.3) is 0 Å². The number of benzene rings is 1. The molecule has 4 nitrogen and oxygen atoms in total. The fourth-order valence-electron chi connectivity index (χ4n) is 2.56. The van der Waals surface area contributed by atoms with Crippen LogP contribution in [0.4, 0.5) is 9.18 Å². The Hall–Kier alpha value is -1.33. The average molecular weight is 301 g/mol. The number of aliphatic hydroxyl groups excluding tert-OH is 1. The smallest absolute Gasteiger partial charge is 0.318 e. The second-order valence-corrected chi connectivity index (χ2v) is 5.39. The SMILES string of the molecule is C[C@@H](NC(=O)N1CCC[C@@H]1CO)c1c(F)cccc1Cl. The molecule has 2 atom stereocenters. The first-order valence-electron chi connectivity index (χ1n) is 6.66. The molecular formula is C14H18ClFN2O2. The first-order chi connectivity index (χ1) is 9.54. The van der Waals surface area contributed by atoms with Crippen molar-refractivity contribution in [3.05, 3.63) is 34.6 Å². The fraction of sp³-hybridized carbons (Fsp3) is 0.500. The van der Waals surface area contributed by atoms with Crippen LogP contribution in [0.2, 0.25) is 5.02 Å². The number of rotatable bonds is 3. The van der Waals surface area contributed by atoms with Gasteiger partial charge in [0.1, 0.15) is 5.82 Å². The highest BCUT2D eigenvalue weighted by Gasteiger charge is 2.29. The first-order valence-corrected chi connectivity index (χ1v) is 7.04. The van der Waals surface area contributed by atoms with Crippen molar-refractivity contribution in [3.8, 4) is 0 Å². The second kappa shape index (κ2) is 6.41. The number of hydrogen-bond acceptors (Lipinski definition) is 2. The molecule has 0 aromatic heterocycles. The van der Waals surface area contributed by atoms with E-state index >= 15 is 0 Å². The van der Waals surface area contributed by atoms with E-state index in [1.54, 1.807) is 17.9 Å². The number of carbonyl (C=O) groups excluding carboxylic acids is 1. The molecule has 2 N–H and O–H groups in total. The Morgan fingerprint density at radius 3 is 3.05 bits per heavy atom. The van der Waals surface area contributed by atoms with E-state index in [9.17, 15) is 14.3 Å². The minimum Gasteiger partial charge on any atom is -0.394 e. The number of amides is 2.